The van der Waals surface area contributed by atoms with Gasteiger partial charge in [0, 0.05) is 29.6 Å². The van der Waals surface area contributed by atoms with Gasteiger partial charge >= 0.3 is 12.0 Å². The molecular formula is C18H21ClN4O4. The highest BCUT2D eigenvalue weighted by Crippen LogP contribution is 2.24. The van der Waals surface area contributed by atoms with Gasteiger partial charge in [-0.2, -0.15) is 4.98 Å². The lowest BCUT2D eigenvalue weighted by molar-refractivity contribution is -0.142. The van der Waals surface area contributed by atoms with E-state index in [-0.39, 0.29) is 18.0 Å². The number of benzene rings is 1. The number of nitrogens with one attached hydrogen (secondary N) is 2. The first-order valence-electron chi connectivity index (χ1n) is 8.87. The van der Waals surface area contributed by atoms with Gasteiger partial charge < -0.3 is 20.3 Å². The van der Waals surface area contributed by atoms with E-state index in [1.54, 1.807) is 12.1 Å². The van der Waals surface area contributed by atoms with Gasteiger partial charge in [0.1, 0.15) is 0 Å². The third-order valence-electron chi connectivity index (χ3n) is 4.59. The van der Waals surface area contributed by atoms with Crippen molar-refractivity contribution in [3.63, 3.8) is 0 Å². The number of nitrogens with zero attached hydrogens (tertiary/aromatic N) is 2. The van der Waals surface area contributed by atoms with Crippen LogP contribution in [0.3, 0.4) is 0 Å². The third-order valence-corrected chi connectivity index (χ3v) is 4.82. The van der Waals surface area contributed by atoms with Gasteiger partial charge in [-0.1, -0.05) is 28.9 Å². The smallest absolute Gasteiger partial charge is 0.315 e. The number of aromatic nitrogens is 2. The Labute approximate surface area is 161 Å². The van der Waals surface area contributed by atoms with Crippen molar-refractivity contribution in [1.82, 2.24) is 20.8 Å². The number of halogens is 1. The summed E-state index contributed by atoms with van der Waals surface area (Å²) in [5, 5.41) is 19.1. The normalized spacial score (nSPS) is 19.4. The minimum atomic E-state index is -0.755. The SMILES string of the molecule is O=C(NCCc1nc(-c2cccc(Cl)c2)no1)NC1CCC(C(=O)O)CC1. The maximum absolute atomic E-state index is 12.0. The van der Waals surface area contributed by atoms with Crippen molar-refractivity contribution in [3.8, 4) is 11.4 Å². The Bertz CT molecular complexity index is 802. The van der Waals surface area contributed by atoms with E-state index in [2.05, 4.69) is 20.8 Å². The predicted octanol–water partition coefficient (Wildman–Crippen LogP) is 2.88. The molecule has 3 N–H and O–H groups in total. The molecule has 27 heavy (non-hydrogen) atoms. The number of amides is 2. The molecule has 1 aromatic carbocycles. The first kappa shape index (κ1) is 19.2. The fraction of sp³-hybridized carbons (Fsp3) is 0.444. The predicted molar refractivity (Wildman–Crippen MR) is 98.4 cm³/mol. The largest absolute Gasteiger partial charge is 0.481 e. The van der Waals surface area contributed by atoms with Gasteiger partial charge in [-0.05, 0) is 37.8 Å². The molecule has 144 valence electrons. The summed E-state index contributed by atoms with van der Waals surface area (Å²) >= 11 is 5.95. The minimum absolute atomic E-state index is 0.0124. The standard InChI is InChI=1S/C18H21ClN4O4/c19-13-3-1-2-12(10-13)16-22-15(27-23-16)8-9-20-18(26)21-14-6-4-11(5-7-14)17(24)25/h1-3,10-11,14H,4-9H2,(H,24,25)(H2,20,21,26). The molecule has 0 unspecified atom stereocenters. The van der Waals surface area contributed by atoms with Crippen molar-refractivity contribution in [1.29, 1.82) is 0 Å². The molecule has 8 nitrogen and oxygen atoms in total. The van der Waals surface area contributed by atoms with Crippen molar-refractivity contribution in [2.45, 2.75) is 38.1 Å². The fourth-order valence-electron chi connectivity index (χ4n) is 3.11. The van der Waals surface area contributed by atoms with E-state index in [4.69, 9.17) is 21.2 Å². The van der Waals surface area contributed by atoms with E-state index in [9.17, 15) is 9.59 Å². The van der Waals surface area contributed by atoms with Crippen LogP contribution >= 0.6 is 11.6 Å². The molecule has 1 heterocycles. The lowest BCUT2D eigenvalue weighted by atomic mass is 9.86. The summed E-state index contributed by atoms with van der Waals surface area (Å²) in [6.45, 7) is 0.355. The van der Waals surface area contributed by atoms with Gasteiger partial charge in [-0.15, -0.1) is 0 Å². The van der Waals surface area contributed by atoms with Gasteiger partial charge in [-0.3, -0.25) is 4.79 Å². The maximum Gasteiger partial charge on any atom is 0.315 e. The Morgan fingerprint density at radius 1 is 1.26 bits per heavy atom. The van der Waals surface area contributed by atoms with Crippen LogP contribution in [0.4, 0.5) is 4.79 Å². The number of urea groups is 1. The number of carbonyl (C=O) groups is 2. The van der Waals surface area contributed by atoms with E-state index in [1.165, 1.54) is 0 Å². The van der Waals surface area contributed by atoms with Crippen LogP contribution in [0, 0.1) is 5.92 Å². The van der Waals surface area contributed by atoms with Crippen LogP contribution < -0.4 is 10.6 Å². The van der Waals surface area contributed by atoms with Gasteiger partial charge in [0.25, 0.3) is 0 Å². The van der Waals surface area contributed by atoms with Crippen LogP contribution in [0.2, 0.25) is 5.02 Å². The monoisotopic (exact) mass is 392 g/mol. The summed E-state index contributed by atoms with van der Waals surface area (Å²) in [7, 11) is 0. The average Bonchev–Trinajstić information content (AvgIpc) is 3.11. The number of hydrogen-bond acceptors (Lipinski definition) is 5. The summed E-state index contributed by atoms with van der Waals surface area (Å²) in [4.78, 5) is 27.2. The van der Waals surface area contributed by atoms with Crippen LogP contribution in [-0.2, 0) is 11.2 Å². The molecule has 9 heteroatoms. The molecule has 0 bridgehead atoms. The van der Waals surface area contributed by atoms with Gasteiger partial charge in [-0.25, -0.2) is 4.79 Å². The number of hydrogen-bond donors (Lipinski definition) is 3. The zero-order valence-electron chi connectivity index (χ0n) is 14.7. The molecule has 0 radical (unpaired) electrons. The molecule has 0 saturated heterocycles. The third kappa shape index (κ3) is 5.43. The summed E-state index contributed by atoms with van der Waals surface area (Å²) in [6.07, 6.45) is 2.95. The molecule has 1 fully saturated rings. The van der Waals surface area contributed by atoms with Crippen LogP contribution in [0.25, 0.3) is 11.4 Å². The Hall–Kier alpha value is -2.61. The molecule has 0 atom stereocenters. The number of carboxylic acid groups (broad SMARTS) is 1. The Morgan fingerprint density at radius 3 is 2.74 bits per heavy atom. The lowest BCUT2D eigenvalue weighted by Crippen LogP contribution is -2.44. The highest BCUT2D eigenvalue weighted by Gasteiger charge is 2.26. The second-order valence-electron chi connectivity index (χ2n) is 6.56. The first-order valence-corrected chi connectivity index (χ1v) is 9.25. The van der Waals surface area contributed by atoms with E-state index < -0.39 is 5.97 Å². The topological polar surface area (TPSA) is 117 Å². The molecule has 2 amide bonds. The summed E-state index contributed by atoms with van der Waals surface area (Å²) in [5.74, 6) is -0.175. The molecule has 1 aromatic heterocycles. The van der Waals surface area contributed by atoms with E-state index in [0.29, 0.717) is 55.4 Å². The second-order valence-corrected chi connectivity index (χ2v) is 7.00. The Balaban J connectivity index is 1.40. The summed E-state index contributed by atoms with van der Waals surface area (Å²) in [5.41, 5.74) is 0.764. The molecule has 1 aliphatic rings. The van der Waals surface area contributed by atoms with Crippen LogP contribution in [0.1, 0.15) is 31.6 Å². The molecule has 2 aromatic rings. The number of rotatable bonds is 6. The second kappa shape index (κ2) is 8.85. The van der Waals surface area contributed by atoms with Crippen LogP contribution in [-0.4, -0.2) is 39.8 Å². The molecule has 0 aliphatic heterocycles. The molecule has 3 rings (SSSR count). The quantitative estimate of drug-likeness (QED) is 0.695. The van der Waals surface area contributed by atoms with Gasteiger partial charge in [0.2, 0.25) is 11.7 Å². The number of carboxylic acids is 1. The lowest BCUT2D eigenvalue weighted by Gasteiger charge is -2.26. The molecule has 1 aliphatic carbocycles. The zero-order valence-corrected chi connectivity index (χ0v) is 15.4. The van der Waals surface area contributed by atoms with Gasteiger partial charge in [0.15, 0.2) is 0 Å². The van der Waals surface area contributed by atoms with Crippen LogP contribution in [0.5, 0.6) is 0 Å². The average molecular weight is 393 g/mol. The van der Waals surface area contributed by atoms with Crippen molar-refractivity contribution >= 4 is 23.6 Å². The highest BCUT2D eigenvalue weighted by atomic mass is 35.5. The van der Waals surface area contributed by atoms with E-state index in [1.807, 2.05) is 12.1 Å². The summed E-state index contributed by atoms with van der Waals surface area (Å²) in [6, 6.07) is 6.90. The highest BCUT2D eigenvalue weighted by molar-refractivity contribution is 6.30. The first-order chi connectivity index (χ1) is 13.0. The van der Waals surface area contributed by atoms with Crippen LogP contribution in [0.15, 0.2) is 28.8 Å². The van der Waals surface area contributed by atoms with Gasteiger partial charge in [0.05, 0.1) is 5.92 Å². The fourth-order valence-corrected chi connectivity index (χ4v) is 3.30. The summed E-state index contributed by atoms with van der Waals surface area (Å²) < 4.78 is 5.19. The van der Waals surface area contributed by atoms with E-state index in [0.717, 1.165) is 5.56 Å². The van der Waals surface area contributed by atoms with Crippen molar-refractivity contribution < 1.29 is 19.2 Å². The van der Waals surface area contributed by atoms with Crippen molar-refractivity contribution in [3.05, 3.63) is 35.2 Å². The molecular weight excluding hydrogens is 372 g/mol. The molecule has 0 spiro atoms. The zero-order chi connectivity index (χ0) is 19.2. The molecule has 1 saturated carbocycles. The maximum atomic E-state index is 12.0. The number of aliphatic carboxylic acids is 1. The number of carbonyl (C=O) groups excluding carboxylic acids is 1. The van der Waals surface area contributed by atoms with Crippen molar-refractivity contribution in [2.75, 3.05) is 6.54 Å². The Morgan fingerprint density at radius 2 is 2.04 bits per heavy atom. The Kier molecular flexibility index (Phi) is 6.28. The van der Waals surface area contributed by atoms with Crippen molar-refractivity contribution in [2.24, 2.45) is 5.92 Å². The van der Waals surface area contributed by atoms with E-state index >= 15 is 0 Å². The minimum Gasteiger partial charge on any atom is -0.481 e.